The van der Waals surface area contributed by atoms with Crippen LogP contribution in [0.4, 0.5) is 17.3 Å². The molecule has 0 radical (unpaired) electrons. The average molecular weight is 416 g/mol. The molecule has 148 valence electrons. The molecule has 0 atom stereocenters. The zero-order valence-electron chi connectivity index (χ0n) is 15.6. The van der Waals surface area contributed by atoms with Crippen LogP contribution in [0.2, 0.25) is 0 Å². The number of fused-ring (bicyclic) bond motifs is 1. The van der Waals surface area contributed by atoms with Crippen LogP contribution >= 0.6 is 0 Å². The molecule has 8 nitrogen and oxygen atoms in total. The van der Waals surface area contributed by atoms with E-state index in [1.807, 2.05) is 12.1 Å². The van der Waals surface area contributed by atoms with E-state index < -0.39 is 10.0 Å². The van der Waals surface area contributed by atoms with Gasteiger partial charge in [0.25, 0.3) is 0 Å². The number of benzene rings is 1. The number of primary sulfonamides is 1. The second kappa shape index (κ2) is 7.79. The normalized spacial score (nSPS) is 11.0. The minimum atomic E-state index is -3.74. The van der Waals surface area contributed by atoms with Crippen molar-refractivity contribution < 1.29 is 8.42 Å². The van der Waals surface area contributed by atoms with Gasteiger partial charge in [-0.15, -0.1) is 0 Å². The van der Waals surface area contributed by atoms with E-state index >= 15 is 0 Å². The Hall–Kier alpha value is -4.00. The molecule has 0 unspecified atom stereocenters. The van der Waals surface area contributed by atoms with Crippen LogP contribution in [0.25, 0.3) is 10.8 Å². The fourth-order valence-corrected chi connectivity index (χ4v) is 3.27. The number of aromatic nitrogens is 3. The minimum absolute atomic E-state index is 0.0379. The van der Waals surface area contributed by atoms with Crippen molar-refractivity contribution in [2.75, 3.05) is 11.1 Å². The summed E-state index contributed by atoms with van der Waals surface area (Å²) in [7, 11) is -3.74. The van der Waals surface area contributed by atoms with Crippen LogP contribution in [0.3, 0.4) is 0 Å². The van der Waals surface area contributed by atoms with Crippen molar-refractivity contribution in [3.05, 3.63) is 78.4 Å². The summed E-state index contributed by atoms with van der Waals surface area (Å²) in [6.07, 6.45) is 4.98. The van der Waals surface area contributed by atoms with E-state index in [0.29, 0.717) is 28.6 Å². The molecule has 3 aromatic heterocycles. The number of anilines is 3. The molecule has 0 amide bonds. The van der Waals surface area contributed by atoms with Crippen LogP contribution in [0.5, 0.6) is 0 Å². The quantitative estimate of drug-likeness (QED) is 0.436. The SMILES string of the molecule is Nc1ncccc1C#Cc1nccc2cnc(Nc3ccc(S(N)(=O)=O)cc3)cc12. The van der Waals surface area contributed by atoms with Crippen molar-refractivity contribution in [3.63, 3.8) is 0 Å². The van der Waals surface area contributed by atoms with Gasteiger partial charge in [0.2, 0.25) is 10.0 Å². The van der Waals surface area contributed by atoms with Crippen molar-refractivity contribution in [1.29, 1.82) is 0 Å². The molecule has 3 heterocycles. The summed E-state index contributed by atoms with van der Waals surface area (Å²) in [5, 5.41) is 9.95. The Balaban J connectivity index is 1.67. The van der Waals surface area contributed by atoms with Gasteiger partial charge in [0.1, 0.15) is 17.3 Å². The van der Waals surface area contributed by atoms with E-state index in [-0.39, 0.29) is 4.90 Å². The van der Waals surface area contributed by atoms with Crippen LogP contribution in [0.1, 0.15) is 11.3 Å². The van der Waals surface area contributed by atoms with Crippen LogP contribution in [0.15, 0.2) is 72.0 Å². The van der Waals surface area contributed by atoms with E-state index in [1.165, 1.54) is 12.1 Å². The molecule has 0 aliphatic heterocycles. The molecule has 1 aromatic carbocycles. The summed E-state index contributed by atoms with van der Waals surface area (Å²) in [5.74, 6) is 6.96. The van der Waals surface area contributed by atoms with Gasteiger partial charge in [-0.25, -0.2) is 28.5 Å². The monoisotopic (exact) mass is 416 g/mol. The topological polar surface area (TPSA) is 137 Å². The molecule has 30 heavy (non-hydrogen) atoms. The molecule has 5 N–H and O–H groups in total. The Morgan fingerprint density at radius 2 is 1.73 bits per heavy atom. The number of pyridine rings is 3. The summed E-state index contributed by atoms with van der Waals surface area (Å²) in [4.78, 5) is 12.8. The first-order valence-electron chi connectivity index (χ1n) is 8.77. The van der Waals surface area contributed by atoms with Gasteiger partial charge in [-0.05, 0) is 54.5 Å². The second-order valence-electron chi connectivity index (χ2n) is 6.33. The number of sulfonamides is 1. The summed E-state index contributed by atoms with van der Waals surface area (Å²) in [5.41, 5.74) is 7.70. The predicted octanol–water partition coefficient (Wildman–Crippen LogP) is 2.40. The lowest BCUT2D eigenvalue weighted by atomic mass is 10.1. The first-order chi connectivity index (χ1) is 14.4. The number of nitrogen functional groups attached to an aromatic ring is 1. The average Bonchev–Trinajstić information content (AvgIpc) is 2.73. The predicted molar refractivity (Wildman–Crippen MR) is 115 cm³/mol. The van der Waals surface area contributed by atoms with Crippen molar-refractivity contribution in [1.82, 2.24) is 15.0 Å². The maximum absolute atomic E-state index is 11.4. The molecular weight excluding hydrogens is 400 g/mol. The maximum Gasteiger partial charge on any atom is 0.238 e. The first kappa shape index (κ1) is 19.3. The molecule has 0 spiro atoms. The van der Waals surface area contributed by atoms with Gasteiger partial charge < -0.3 is 11.1 Å². The lowest BCUT2D eigenvalue weighted by molar-refractivity contribution is 0.598. The third kappa shape index (κ3) is 4.20. The molecule has 9 heteroatoms. The van der Waals surface area contributed by atoms with Crippen LogP contribution in [-0.2, 0) is 10.0 Å². The highest BCUT2D eigenvalue weighted by Crippen LogP contribution is 2.22. The lowest BCUT2D eigenvalue weighted by Crippen LogP contribution is -2.11. The van der Waals surface area contributed by atoms with Crippen molar-refractivity contribution in [2.24, 2.45) is 5.14 Å². The van der Waals surface area contributed by atoms with Gasteiger partial charge in [-0.2, -0.15) is 0 Å². The Labute approximate surface area is 173 Å². The summed E-state index contributed by atoms with van der Waals surface area (Å²) >= 11 is 0. The minimum Gasteiger partial charge on any atom is -0.383 e. The summed E-state index contributed by atoms with van der Waals surface area (Å²) in [6.45, 7) is 0. The number of nitrogens with zero attached hydrogens (tertiary/aromatic N) is 3. The van der Waals surface area contributed by atoms with E-state index in [2.05, 4.69) is 32.1 Å². The number of rotatable bonds is 3. The molecule has 0 bridgehead atoms. The molecule has 4 rings (SSSR count). The number of hydrogen-bond donors (Lipinski definition) is 3. The third-order valence-electron chi connectivity index (χ3n) is 4.26. The Kier molecular flexibility index (Phi) is 5.02. The number of hydrogen-bond acceptors (Lipinski definition) is 7. The molecule has 0 fully saturated rings. The third-order valence-corrected chi connectivity index (χ3v) is 5.19. The van der Waals surface area contributed by atoms with Crippen molar-refractivity contribution in [3.8, 4) is 11.8 Å². The molecule has 0 aliphatic rings. The van der Waals surface area contributed by atoms with Crippen molar-refractivity contribution >= 4 is 38.1 Å². The molecule has 0 aliphatic carbocycles. The Bertz CT molecular complexity index is 1410. The van der Waals surface area contributed by atoms with Crippen molar-refractivity contribution in [2.45, 2.75) is 4.90 Å². The maximum atomic E-state index is 11.4. The van der Waals surface area contributed by atoms with Gasteiger partial charge in [-0.3, -0.25) is 0 Å². The zero-order valence-corrected chi connectivity index (χ0v) is 16.4. The fraction of sp³-hybridized carbons (Fsp3) is 0. The Morgan fingerprint density at radius 3 is 2.47 bits per heavy atom. The van der Waals surface area contributed by atoms with Gasteiger partial charge in [0.05, 0.1) is 10.5 Å². The Morgan fingerprint density at radius 1 is 0.933 bits per heavy atom. The van der Waals surface area contributed by atoms with Crippen LogP contribution in [0, 0.1) is 11.8 Å². The second-order valence-corrected chi connectivity index (χ2v) is 7.89. The highest BCUT2D eigenvalue weighted by atomic mass is 32.2. The van der Waals surface area contributed by atoms with E-state index in [1.54, 1.807) is 42.9 Å². The first-order valence-corrected chi connectivity index (χ1v) is 10.3. The van der Waals surface area contributed by atoms with Gasteiger partial charge >= 0.3 is 0 Å². The largest absolute Gasteiger partial charge is 0.383 e. The number of nitrogens with two attached hydrogens (primary N) is 2. The molecular formula is C21H16N6O2S. The zero-order chi connectivity index (χ0) is 21.1. The molecule has 4 aromatic rings. The summed E-state index contributed by atoms with van der Waals surface area (Å²) in [6, 6.07) is 13.3. The fourth-order valence-electron chi connectivity index (χ4n) is 2.76. The highest BCUT2D eigenvalue weighted by Gasteiger charge is 2.08. The standard InChI is InChI=1S/C21H16N6O2S/c22-21-14(2-1-10-25-21)3-8-19-18-12-20(26-13-15(18)9-11-24-19)27-16-4-6-17(7-5-16)30(23,28)29/h1-2,4-7,9-13H,(H2,22,25)(H,26,27)(H2,23,28,29). The molecule has 0 saturated heterocycles. The van der Waals surface area contributed by atoms with Gasteiger partial charge in [0.15, 0.2) is 0 Å². The van der Waals surface area contributed by atoms with E-state index in [4.69, 9.17) is 10.9 Å². The van der Waals surface area contributed by atoms with E-state index in [0.717, 1.165) is 10.8 Å². The highest BCUT2D eigenvalue weighted by molar-refractivity contribution is 7.89. The lowest BCUT2D eigenvalue weighted by Gasteiger charge is -2.08. The van der Waals surface area contributed by atoms with E-state index in [9.17, 15) is 8.42 Å². The van der Waals surface area contributed by atoms with Gasteiger partial charge in [-0.1, -0.05) is 5.92 Å². The van der Waals surface area contributed by atoms with Crippen LogP contribution in [-0.4, -0.2) is 23.4 Å². The summed E-state index contributed by atoms with van der Waals surface area (Å²) < 4.78 is 22.8. The smallest absolute Gasteiger partial charge is 0.238 e. The van der Waals surface area contributed by atoms with Gasteiger partial charge in [0, 0.05) is 35.1 Å². The molecule has 0 saturated carbocycles. The van der Waals surface area contributed by atoms with Crippen LogP contribution < -0.4 is 16.2 Å². The number of nitrogens with one attached hydrogen (secondary N) is 1.